The third-order valence-electron chi connectivity index (χ3n) is 2.94. The first-order valence-electron chi connectivity index (χ1n) is 7.26. The van der Waals surface area contributed by atoms with Gasteiger partial charge < -0.3 is 9.47 Å². The number of rotatable bonds is 4. The first kappa shape index (κ1) is 16.7. The monoisotopic (exact) mass is 315 g/mol. The molecule has 0 aliphatic heterocycles. The molecule has 2 rings (SSSR count). The van der Waals surface area contributed by atoms with Gasteiger partial charge >= 0.3 is 5.97 Å². The van der Waals surface area contributed by atoms with Crippen molar-refractivity contribution >= 4 is 12.0 Å². The summed E-state index contributed by atoms with van der Waals surface area (Å²) in [6, 6.07) is 3.67. The normalized spacial score (nSPS) is 11.7. The van der Waals surface area contributed by atoms with E-state index in [1.54, 1.807) is 25.4 Å². The van der Waals surface area contributed by atoms with Crippen LogP contribution >= 0.6 is 0 Å². The molecule has 0 bridgehead atoms. The van der Waals surface area contributed by atoms with Gasteiger partial charge in [-0.3, -0.25) is 4.57 Å². The van der Waals surface area contributed by atoms with E-state index in [4.69, 9.17) is 9.47 Å². The van der Waals surface area contributed by atoms with Gasteiger partial charge in [0.2, 0.25) is 5.88 Å². The number of pyridine rings is 1. The summed E-state index contributed by atoms with van der Waals surface area (Å²) in [7, 11) is 1.56. The van der Waals surface area contributed by atoms with Gasteiger partial charge in [0, 0.05) is 18.5 Å². The molecule has 23 heavy (non-hydrogen) atoms. The van der Waals surface area contributed by atoms with E-state index in [0.29, 0.717) is 11.6 Å². The number of ether oxygens (including phenoxy) is 2. The van der Waals surface area contributed by atoms with Gasteiger partial charge in [0.15, 0.2) is 0 Å². The van der Waals surface area contributed by atoms with Crippen molar-refractivity contribution < 1.29 is 14.3 Å². The molecule has 0 amide bonds. The summed E-state index contributed by atoms with van der Waals surface area (Å²) in [6.07, 6.45) is 6.51. The molecule has 2 heterocycles. The number of carbonyl (C=O) groups is 1. The molecule has 2 aromatic heterocycles. The number of methoxy groups -OCH3 is 1. The maximum atomic E-state index is 11.7. The standard InChI is InChI=1S/C17H21N3O3/c1-12-18-10-11-20(12)14-8-6-13(19-16(14)22-5)7-9-15(21)23-17(2,3)4/h6-11H,1-5H3/b9-7+. The van der Waals surface area contributed by atoms with Gasteiger partial charge in [0.1, 0.15) is 17.1 Å². The molecule has 0 atom stereocenters. The third-order valence-corrected chi connectivity index (χ3v) is 2.94. The lowest BCUT2D eigenvalue weighted by molar-refractivity contribution is -0.148. The molecular weight excluding hydrogens is 294 g/mol. The number of esters is 1. The zero-order chi connectivity index (χ0) is 17.0. The molecule has 0 aliphatic carbocycles. The molecule has 6 heteroatoms. The predicted molar refractivity (Wildman–Crippen MR) is 87.5 cm³/mol. The zero-order valence-electron chi connectivity index (χ0n) is 14.0. The average molecular weight is 315 g/mol. The highest BCUT2D eigenvalue weighted by Gasteiger charge is 2.14. The van der Waals surface area contributed by atoms with Gasteiger partial charge in [-0.25, -0.2) is 14.8 Å². The van der Waals surface area contributed by atoms with Crippen LogP contribution in [-0.4, -0.2) is 33.2 Å². The number of nitrogens with zero attached hydrogens (tertiary/aromatic N) is 3. The SMILES string of the molecule is COc1nc(/C=C/C(=O)OC(C)(C)C)ccc1-n1ccnc1C. The van der Waals surface area contributed by atoms with Crippen LogP contribution < -0.4 is 4.74 Å². The zero-order valence-corrected chi connectivity index (χ0v) is 14.0. The summed E-state index contributed by atoms with van der Waals surface area (Å²) in [6.45, 7) is 7.36. The van der Waals surface area contributed by atoms with E-state index < -0.39 is 11.6 Å². The Morgan fingerprint density at radius 1 is 1.30 bits per heavy atom. The van der Waals surface area contributed by atoms with Gasteiger partial charge in [-0.2, -0.15) is 0 Å². The molecule has 0 aromatic carbocycles. The van der Waals surface area contributed by atoms with Crippen LogP contribution in [0, 0.1) is 6.92 Å². The number of hydrogen-bond acceptors (Lipinski definition) is 5. The number of imidazole rings is 1. The van der Waals surface area contributed by atoms with E-state index in [9.17, 15) is 4.79 Å². The van der Waals surface area contributed by atoms with E-state index >= 15 is 0 Å². The highest BCUT2D eigenvalue weighted by Crippen LogP contribution is 2.22. The van der Waals surface area contributed by atoms with E-state index in [0.717, 1.165) is 11.5 Å². The Hall–Kier alpha value is -2.63. The second kappa shape index (κ2) is 6.64. The first-order valence-corrected chi connectivity index (χ1v) is 7.26. The summed E-state index contributed by atoms with van der Waals surface area (Å²) in [5, 5.41) is 0. The number of aromatic nitrogens is 3. The summed E-state index contributed by atoms with van der Waals surface area (Å²) in [4.78, 5) is 20.3. The van der Waals surface area contributed by atoms with Crippen molar-refractivity contribution in [1.29, 1.82) is 0 Å². The Bertz CT molecular complexity index is 727. The number of hydrogen-bond donors (Lipinski definition) is 0. The molecule has 122 valence electrons. The fraction of sp³-hybridized carbons (Fsp3) is 0.353. The molecule has 0 saturated heterocycles. The Balaban J connectivity index is 2.23. The first-order chi connectivity index (χ1) is 10.8. The van der Waals surface area contributed by atoms with Crippen molar-refractivity contribution in [1.82, 2.24) is 14.5 Å². The Labute approximate surface area is 135 Å². The Kier molecular flexibility index (Phi) is 4.83. The quantitative estimate of drug-likeness (QED) is 0.641. The van der Waals surface area contributed by atoms with E-state index in [-0.39, 0.29) is 0 Å². The van der Waals surface area contributed by atoms with Gasteiger partial charge in [-0.15, -0.1) is 0 Å². The van der Waals surface area contributed by atoms with E-state index in [1.165, 1.54) is 6.08 Å². The highest BCUT2D eigenvalue weighted by molar-refractivity contribution is 5.87. The molecule has 0 N–H and O–H groups in total. The Morgan fingerprint density at radius 2 is 2.04 bits per heavy atom. The smallest absolute Gasteiger partial charge is 0.331 e. The number of carbonyl (C=O) groups excluding carboxylic acids is 1. The van der Waals surface area contributed by atoms with Crippen molar-refractivity contribution in [3.8, 4) is 11.6 Å². The molecule has 2 aromatic rings. The lowest BCUT2D eigenvalue weighted by Crippen LogP contribution is -2.22. The third kappa shape index (κ3) is 4.42. The van der Waals surface area contributed by atoms with Gasteiger partial charge in [0.25, 0.3) is 0 Å². The summed E-state index contributed by atoms with van der Waals surface area (Å²) in [5.74, 6) is 0.882. The lowest BCUT2D eigenvalue weighted by atomic mass is 10.2. The van der Waals surface area contributed by atoms with Crippen LogP contribution in [0.3, 0.4) is 0 Å². The van der Waals surface area contributed by atoms with Crippen molar-refractivity contribution in [2.45, 2.75) is 33.3 Å². The van der Waals surface area contributed by atoms with Crippen LogP contribution in [0.4, 0.5) is 0 Å². The van der Waals surface area contributed by atoms with Gasteiger partial charge in [-0.05, 0) is 45.9 Å². The fourth-order valence-corrected chi connectivity index (χ4v) is 2.00. The van der Waals surface area contributed by atoms with Crippen LogP contribution in [0.1, 0.15) is 32.3 Å². The molecular formula is C17H21N3O3. The van der Waals surface area contributed by atoms with Gasteiger partial charge in [-0.1, -0.05) is 0 Å². The molecule has 0 aliphatic rings. The molecule has 0 radical (unpaired) electrons. The second-order valence-electron chi connectivity index (χ2n) is 5.98. The summed E-state index contributed by atoms with van der Waals surface area (Å²) < 4.78 is 12.4. The predicted octanol–water partition coefficient (Wildman–Crippen LogP) is 2.94. The van der Waals surface area contributed by atoms with Crippen molar-refractivity contribution in [2.24, 2.45) is 0 Å². The maximum absolute atomic E-state index is 11.7. The molecule has 6 nitrogen and oxygen atoms in total. The minimum absolute atomic E-state index is 0.409. The fourth-order valence-electron chi connectivity index (χ4n) is 2.00. The van der Waals surface area contributed by atoms with Crippen molar-refractivity contribution in [3.63, 3.8) is 0 Å². The average Bonchev–Trinajstić information content (AvgIpc) is 2.89. The molecule has 0 saturated carbocycles. The van der Waals surface area contributed by atoms with Crippen LogP contribution in [0.5, 0.6) is 5.88 Å². The lowest BCUT2D eigenvalue weighted by Gasteiger charge is -2.17. The van der Waals surface area contributed by atoms with Gasteiger partial charge in [0.05, 0.1) is 12.8 Å². The van der Waals surface area contributed by atoms with E-state index in [2.05, 4.69) is 9.97 Å². The molecule has 0 fully saturated rings. The second-order valence-corrected chi connectivity index (χ2v) is 5.98. The van der Waals surface area contributed by atoms with Crippen LogP contribution in [0.15, 0.2) is 30.6 Å². The van der Waals surface area contributed by atoms with Crippen LogP contribution in [-0.2, 0) is 9.53 Å². The minimum atomic E-state index is -0.519. The van der Waals surface area contributed by atoms with Crippen LogP contribution in [0.2, 0.25) is 0 Å². The summed E-state index contributed by atoms with van der Waals surface area (Å²) >= 11 is 0. The maximum Gasteiger partial charge on any atom is 0.331 e. The Morgan fingerprint density at radius 3 is 2.61 bits per heavy atom. The van der Waals surface area contributed by atoms with Crippen LogP contribution in [0.25, 0.3) is 11.8 Å². The van der Waals surface area contributed by atoms with Crippen molar-refractivity contribution in [3.05, 3.63) is 42.1 Å². The topological polar surface area (TPSA) is 66.2 Å². The number of aryl methyl sites for hydroxylation is 1. The molecule has 0 spiro atoms. The van der Waals surface area contributed by atoms with E-state index in [1.807, 2.05) is 44.5 Å². The highest BCUT2D eigenvalue weighted by atomic mass is 16.6. The molecule has 0 unspecified atom stereocenters. The largest absolute Gasteiger partial charge is 0.479 e. The summed E-state index contributed by atoms with van der Waals surface area (Å²) in [5.41, 5.74) is 0.876. The minimum Gasteiger partial charge on any atom is -0.479 e. The van der Waals surface area contributed by atoms with Crippen molar-refractivity contribution in [2.75, 3.05) is 7.11 Å².